The number of ether oxygens (including phenoxy) is 1. The Labute approximate surface area is 176 Å². The monoisotopic (exact) mass is 421 g/mol. The van der Waals surface area contributed by atoms with E-state index in [9.17, 15) is 4.79 Å². The van der Waals surface area contributed by atoms with Gasteiger partial charge in [0, 0.05) is 11.1 Å². The molecule has 0 aromatic carbocycles. The van der Waals surface area contributed by atoms with Crippen LogP contribution in [0.3, 0.4) is 0 Å². The number of pyridine rings is 1. The van der Waals surface area contributed by atoms with Gasteiger partial charge in [-0.3, -0.25) is 4.79 Å². The van der Waals surface area contributed by atoms with E-state index in [0.717, 1.165) is 23.1 Å². The number of hydrogen-bond acceptors (Lipinski definition) is 8. The third-order valence-corrected chi connectivity index (χ3v) is 6.10. The van der Waals surface area contributed by atoms with Gasteiger partial charge < -0.3 is 10.1 Å². The first-order valence-electron chi connectivity index (χ1n) is 9.74. The van der Waals surface area contributed by atoms with Crippen LogP contribution in [-0.2, 0) is 30.8 Å². The molecule has 152 valence electrons. The maximum absolute atomic E-state index is 12.1. The molecule has 4 aromatic heterocycles. The Morgan fingerprint density at radius 2 is 2.13 bits per heavy atom. The molecule has 30 heavy (non-hydrogen) atoms. The van der Waals surface area contributed by atoms with Gasteiger partial charge in [0.1, 0.15) is 35.8 Å². The summed E-state index contributed by atoms with van der Waals surface area (Å²) in [6.07, 6.45) is 9.40. The van der Waals surface area contributed by atoms with E-state index >= 15 is 0 Å². The second kappa shape index (κ2) is 8.15. The Hall–Kier alpha value is -3.40. The molecule has 1 aliphatic carbocycles. The van der Waals surface area contributed by atoms with Crippen molar-refractivity contribution in [1.29, 1.82) is 0 Å². The molecular formula is C20H19N7O2S. The van der Waals surface area contributed by atoms with Gasteiger partial charge in [-0.05, 0) is 43.4 Å². The highest BCUT2D eigenvalue weighted by molar-refractivity contribution is 7.18. The lowest BCUT2D eigenvalue weighted by molar-refractivity contribution is -0.116. The molecule has 0 saturated heterocycles. The highest BCUT2D eigenvalue weighted by atomic mass is 32.1. The van der Waals surface area contributed by atoms with E-state index < -0.39 is 0 Å². The summed E-state index contributed by atoms with van der Waals surface area (Å²) in [5.74, 6) is 0.855. The Bertz CT molecular complexity index is 1190. The molecule has 0 unspecified atom stereocenters. The van der Waals surface area contributed by atoms with Gasteiger partial charge in [0.05, 0.1) is 11.6 Å². The van der Waals surface area contributed by atoms with Crippen molar-refractivity contribution in [2.24, 2.45) is 0 Å². The maximum Gasteiger partial charge on any atom is 0.247 e. The standard InChI is InChI=1S/C20H19N7O2S/c28-17(24-16-7-3-4-8-21-16)10-27-9-13(25-26-27)11-29-19-18-14-5-1-2-6-15(14)30-20(18)23-12-22-19/h3-4,7-9,12H,1-2,5-6,10-11H2,(H,21,24,28). The van der Waals surface area contributed by atoms with Crippen molar-refractivity contribution in [2.75, 3.05) is 5.32 Å². The van der Waals surface area contributed by atoms with Crippen molar-refractivity contribution in [3.8, 4) is 5.88 Å². The molecule has 9 nitrogen and oxygen atoms in total. The predicted molar refractivity (Wildman–Crippen MR) is 111 cm³/mol. The summed E-state index contributed by atoms with van der Waals surface area (Å²) < 4.78 is 7.44. The van der Waals surface area contributed by atoms with Crippen LogP contribution in [0.1, 0.15) is 29.0 Å². The third-order valence-electron chi connectivity index (χ3n) is 4.90. The van der Waals surface area contributed by atoms with Gasteiger partial charge in [-0.25, -0.2) is 19.6 Å². The lowest BCUT2D eigenvalue weighted by atomic mass is 9.97. The lowest BCUT2D eigenvalue weighted by Crippen LogP contribution is -2.19. The van der Waals surface area contributed by atoms with Crippen LogP contribution >= 0.6 is 11.3 Å². The van der Waals surface area contributed by atoms with Crippen LogP contribution < -0.4 is 10.1 Å². The number of nitrogens with zero attached hydrogens (tertiary/aromatic N) is 6. The van der Waals surface area contributed by atoms with Crippen molar-refractivity contribution in [3.05, 3.63) is 53.1 Å². The Morgan fingerprint density at radius 3 is 3.03 bits per heavy atom. The van der Waals surface area contributed by atoms with E-state index in [1.807, 2.05) is 6.07 Å². The largest absolute Gasteiger partial charge is 0.470 e. The number of amides is 1. The van der Waals surface area contributed by atoms with Gasteiger partial charge in [0.25, 0.3) is 0 Å². The zero-order valence-electron chi connectivity index (χ0n) is 16.1. The SMILES string of the molecule is O=C(Cn1cc(COc2ncnc3sc4c(c23)CCCC4)nn1)Nc1ccccn1. The summed E-state index contributed by atoms with van der Waals surface area (Å²) in [5, 5.41) is 11.9. The third kappa shape index (κ3) is 3.86. The second-order valence-electron chi connectivity index (χ2n) is 7.03. The van der Waals surface area contributed by atoms with Crippen LogP contribution in [0.4, 0.5) is 5.82 Å². The lowest BCUT2D eigenvalue weighted by Gasteiger charge is -2.11. The summed E-state index contributed by atoms with van der Waals surface area (Å²) in [6, 6.07) is 5.32. The highest BCUT2D eigenvalue weighted by Gasteiger charge is 2.20. The minimum Gasteiger partial charge on any atom is -0.470 e. The minimum atomic E-state index is -0.228. The molecule has 0 bridgehead atoms. The molecule has 0 spiro atoms. The molecule has 0 fully saturated rings. The highest BCUT2D eigenvalue weighted by Crippen LogP contribution is 2.39. The van der Waals surface area contributed by atoms with Crippen LogP contribution in [-0.4, -0.2) is 35.9 Å². The number of hydrogen-bond donors (Lipinski definition) is 1. The Morgan fingerprint density at radius 1 is 1.20 bits per heavy atom. The van der Waals surface area contributed by atoms with E-state index in [2.05, 4.69) is 30.6 Å². The topological polar surface area (TPSA) is 108 Å². The average Bonchev–Trinajstić information content (AvgIpc) is 3.37. The second-order valence-corrected chi connectivity index (χ2v) is 8.11. The molecule has 1 amide bonds. The molecule has 10 heteroatoms. The first-order chi connectivity index (χ1) is 14.8. The molecule has 0 radical (unpaired) electrons. The number of anilines is 1. The first-order valence-corrected chi connectivity index (χ1v) is 10.6. The van der Waals surface area contributed by atoms with E-state index in [4.69, 9.17) is 4.74 Å². The number of carbonyl (C=O) groups excluding carboxylic acids is 1. The summed E-state index contributed by atoms with van der Waals surface area (Å²) in [5.41, 5.74) is 1.95. The number of carbonyl (C=O) groups is 1. The van der Waals surface area contributed by atoms with Gasteiger partial charge in [-0.15, -0.1) is 16.4 Å². The van der Waals surface area contributed by atoms with Gasteiger partial charge in [-0.2, -0.15) is 0 Å². The smallest absolute Gasteiger partial charge is 0.247 e. The molecule has 4 aromatic rings. The van der Waals surface area contributed by atoms with E-state index in [1.54, 1.807) is 42.2 Å². The van der Waals surface area contributed by atoms with Crippen LogP contribution in [0.25, 0.3) is 10.2 Å². The first kappa shape index (κ1) is 18.6. The minimum absolute atomic E-state index is 0.0410. The van der Waals surface area contributed by atoms with Gasteiger partial charge >= 0.3 is 0 Å². The van der Waals surface area contributed by atoms with E-state index in [0.29, 0.717) is 17.4 Å². The molecule has 1 N–H and O–H groups in total. The van der Waals surface area contributed by atoms with Crippen LogP contribution in [0.15, 0.2) is 36.9 Å². The fraction of sp³-hybridized carbons (Fsp3) is 0.300. The molecule has 0 saturated carbocycles. The van der Waals surface area contributed by atoms with Gasteiger partial charge in [0.15, 0.2) is 0 Å². The van der Waals surface area contributed by atoms with E-state index in [1.165, 1.54) is 28.0 Å². The molecule has 4 heterocycles. The van der Waals surface area contributed by atoms with Crippen molar-refractivity contribution in [2.45, 2.75) is 38.8 Å². The van der Waals surface area contributed by atoms with Gasteiger partial charge in [-0.1, -0.05) is 11.3 Å². The number of thiophene rings is 1. The number of nitrogens with one attached hydrogen (secondary N) is 1. The van der Waals surface area contributed by atoms with Crippen LogP contribution in [0.5, 0.6) is 5.88 Å². The molecule has 1 aliphatic rings. The van der Waals surface area contributed by atoms with Crippen molar-refractivity contribution >= 4 is 33.3 Å². The normalized spacial score (nSPS) is 13.2. The fourth-order valence-electron chi connectivity index (χ4n) is 3.56. The number of aromatic nitrogens is 6. The molecule has 5 rings (SSSR count). The zero-order valence-corrected chi connectivity index (χ0v) is 16.9. The van der Waals surface area contributed by atoms with E-state index in [-0.39, 0.29) is 19.1 Å². The van der Waals surface area contributed by atoms with Crippen molar-refractivity contribution in [1.82, 2.24) is 29.9 Å². The summed E-state index contributed by atoms with van der Waals surface area (Å²) >= 11 is 1.73. The number of rotatable bonds is 6. The summed E-state index contributed by atoms with van der Waals surface area (Å²) in [4.78, 5) is 27.3. The summed E-state index contributed by atoms with van der Waals surface area (Å²) in [7, 11) is 0. The quantitative estimate of drug-likeness (QED) is 0.510. The maximum atomic E-state index is 12.1. The zero-order chi connectivity index (χ0) is 20.3. The van der Waals surface area contributed by atoms with Crippen LogP contribution in [0, 0.1) is 0 Å². The average molecular weight is 421 g/mol. The molecular weight excluding hydrogens is 402 g/mol. The molecule has 0 atom stereocenters. The number of aryl methyl sites for hydroxylation is 2. The van der Waals surface area contributed by atoms with Crippen molar-refractivity contribution in [3.63, 3.8) is 0 Å². The Balaban J connectivity index is 1.25. The predicted octanol–water partition coefficient (Wildman–Crippen LogP) is 2.77. The fourth-order valence-corrected chi connectivity index (χ4v) is 4.78. The van der Waals surface area contributed by atoms with Crippen molar-refractivity contribution < 1.29 is 9.53 Å². The Kier molecular flexibility index (Phi) is 5.06. The number of fused-ring (bicyclic) bond motifs is 3. The van der Waals surface area contributed by atoms with Crippen LogP contribution in [0.2, 0.25) is 0 Å². The molecule has 0 aliphatic heterocycles. The summed E-state index contributed by atoms with van der Waals surface area (Å²) in [6.45, 7) is 0.262. The van der Waals surface area contributed by atoms with Gasteiger partial charge in [0.2, 0.25) is 11.8 Å².